The molecule has 78 valence electrons. The van der Waals surface area contributed by atoms with Crippen molar-refractivity contribution in [1.29, 1.82) is 0 Å². The van der Waals surface area contributed by atoms with Crippen molar-refractivity contribution in [2.24, 2.45) is 0 Å². The Bertz CT molecular complexity index is 309. The Labute approximate surface area is 80.2 Å². The third-order valence-electron chi connectivity index (χ3n) is 2.01. The van der Waals surface area contributed by atoms with E-state index in [-0.39, 0.29) is 5.56 Å². The van der Waals surface area contributed by atoms with Gasteiger partial charge in [-0.3, -0.25) is 4.98 Å². The number of pyridine rings is 1. The molecule has 0 fully saturated rings. The summed E-state index contributed by atoms with van der Waals surface area (Å²) in [5.41, 5.74) is 0.749. The van der Waals surface area contributed by atoms with Crippen LogP contribution in [0.5, 0.6) is 0 Å². The van der Waals surface area contributed by atoms with Crippen LogP contribution in [0.25, 0.3) is 0 Å². The van der Waals surface area contributed by atoms with Gasteiger partial charge in [-0.15, -0.1) is 0 Å². The van der Waals surface area contributed by atoms with Crippen molar-refractivity contribution >= 4 is 0 Å². The van der Waals surface area contributed by atoms with Crippen molar-refractivity contribution in [3.8, 4) is 0 Å². The number of nitrogens with one attached hydrogen (secondary N) is 1. The number of nitrogens with zero attached hydrogens (tertiary/aromatic N) is 1. The highest BCUT2D eigenvalue weighted by Crippen LogP contribution is 2.33. The first kappa shape index (κ1) is 11.0. The van der Waals surface area contributed by atoms with Crippen molar-refractivity contribution in [3.63, 3.8) is 0 Å². The Balaban J connectivity index is 3.08. The summed E-state index contributed by atoms with van der Waals surface area (Å²) in [6.45, 7) is 1.63. The molecule has 1 N–H and O–H groups in total. The van der Waals surface area contributed by atoms with Crippen LogP contribution in [0.15, 0.2) is 18.5 Å². The van der Waals surface area contributed by atoms with Gasteiger partial charge in [-0.1, -0.05) is 0 Å². The first-order chi connectivity index (χ1) is 6.46. The lowest BCUT2D eigenvalue weighted by molar-refractivity contribution is -0.156. The van der Waals surface area contributed by atoms with Gasteiger partial charge in [-0.2, -0.15) is 13.2 Å². The van der Waals surface area contributed by atoms with E-state index in [0.29, 0.717) is 5.56 Å². The van der Waals surface area contributed by atoms with Gasteiger partial charge in [0.05, 0.1) is 0 Å². The van der Waals surface area contributed by atoms with Gasteiger partial charge >= 0.3 is 6.18 Å². The highest BCUT2D eigenvalue weighted by molar-refractivity contribution is 5.26. The predicted molar refractivity (Wildman–Crippen MR) is 46.8 cm³/mol. The van der Waals surface area contributed by atoms with Crippen LogP contribution in [0.4, 0.5) is 13.2 Å². The molecule has 0 amide bonds. The highest BCUT2D eigenvalue weighted by Gasteiger charge is 2.40. The molecule has 0 saturated heterocycles. The average molecular weight is 204 g/mol. The summed E-state index contributed by atoms with van der Waals surface area (Å²) in [5, 5.41) is 2.23. The van der Waals surface area contributed by atoms with Crippen LogP contribution in [0.1, 0.15) is 17.2 Å². The second kappa shape index (κ2) is 3.96. The summed E-state index contributed by atoms with van der Waals surface area (Å²) in [5.74, 6) is 0. The van der Waals surface area contributed by atoms with E-state index in [2.05, 4.69) is 10.3 Å². The Kier molecular flexibility index (Phi) is 3.10. The molecule has 0 bridgehead atoms. The molecule has 0 aliphatic heterocycles. The van der Waals surface area contributed by atoms with Gasteiger partial charge in [-0.05, 0) is 31.2 Å². The zero-order valence-corrected chi connectivity index (χ0v) is 7.89. The molecule has 0 saturated carbocycles. The smallest absolute Gasteiger partial charge is 0.305 e. The first-order valence-electron chi connectivity index (χ1n) is 4.11. The monoisotopic (exact) mass is 204 g/mol. The minimum Gasteiger partial charge on any atom is -0.305 e. The van der Waals surface area contributed by atoms with Crippen LogP contribution in [0.3, 0.4) is 0 Å². The fourth-order valence-electron chi connectivity index (χ4n) is 1.27. The molecule has 14 heavy (non-hydrogen) atoms. The van der Waals surface area contributed by atoms with Gasteiger partial charge in [0, 0.05) is 12.4 Å². The number of aromatic nitrogens is 1. The number of hydrogen-bond donors (Lipinski definition) is 1. The van der Waals surface area contributed by atoms with Crippen molar-refractivity contribution in [1.82, 2.24) is 10.3 Å². The molecule has 1 atom stereocenters. The maximum absolute atomic E-state index is 12.5. The lowest BCUT2D eigenvalue weighted by atomic mass is 10.0. The largest absolute Gasteiger partial charge is 0.407 e. The van der Waals surface area contributed by atoms with Crippen molar-refractivity contribution in [2.45, 2.75) is 19.1 Å². The van der Waals surface area contributed by atoms with Crippen molar-refractivity contribution in [3.05, 3.63) is 29.6 Å². The van der Waals surface area contributed by atoms with Crippen molar-refractivity contribution < 1.29 is 13.2 Å². The standard InChI is InChI=1S/C9H11F3N2/c1-6-3-4-14-5-7(6)8(13-2)9(10,11)12/h3-5,8,13H,1-2H3. The van der Waals surface area contributed by atoms with E-state index in [0.717, 1.165) is 0 Å². The SMILES string of the molecule is CNC(c1cnccc1C)C(F)(F)F. The third kappa shape index (κ3) is 2.23. The highest BCUT2D eigenvalue weighted by atomic mass is 19.4. The van der Waals surface area contributed by atoms with Gasteiger partial charge < -0.3 is 5.32 Å². The van der Waals surface area contributed by atoms with E-state index < -0.39 is 12.2 Å². The van der Waals surface area contributed by atoms with E-state index in [1.165, 1.54) is 19.4 Å². The van der Waals surface area contributed by atoms with Crippen LogP contribution >= 0.6 is 0 Å². The van der Waals surface area contributed by atoms with Crippen LogP contribution < -0.4 is 5.32 Å². The maximum atomic E-state index is 12.5. The van der Waals surface area contributed by atoms with Crippen LogP contribution in [-0.4, -0.2) is 18.2 Å². The van der Waals surface area contributed by atoms with E-state index in [4.69, 9.17) is 0 Å². The summed E-state index contributed by atoms with van der Waals surface area (Å²) in [7, 11) is 1.28. The molecular formula is C9H11F3N2. The van der Waals surface area contributed by atoms with Crippen LogP contribution in [0.2, 0.25) is 0 Å². The van der Waals surface area contributed by atoms with Gasteiger partial charge in [0.15, 0.2) is 0 Å². The molecule has 0 aliphatic rings. The number of rotatable bonds is 2. The molecule has 1 heterocycles. The van der Waals surface area contributed by atoms with Crippen LogP contribution in [0, 0.1) is 6.92 Å². The quantitative estimate of drug-likeness (QED) is 0.798. The molecule has 1 unspecified atom stereocenters. The number of hydrogen-bond acceptors (Lipinski definition) is 2. The average Bonchev–Trinajstić information content (AvgIpc) is 2.07. The zero-order chi connectivity index (χ0) is 10.8. The Hall–Kier alpha value is -1.10. The molecular weight excluding hydrogens is 193 g/mol. The summed E-state index contributed by atoms with van der Waals surface area (Å²) < 4.78 is 37.5. The van der Waals surface area contributed by atoms with E-state index in [9.17, 15) is 13.2 Å². The van der Waals surface area contributed by atoms with Crippen LogP contribution in [-0.2, 0) is 0 Å². The molecule has 0 aliphatic carbocycles. The molecule has 0 radical (unpaired) electrons. The topological polar surface area (TPSA) is 24.9 Å². The lowest BCUT2D eigenvalue weighted by Gasteiger charge is -2.20. The third-order valence-corrected chi connectivity index (χ3v) is 2.01. The van der Waals surface area contributed by atoms with E-state index in [1.807, 2.05) is 0 Å². The second-order valence-corrected chi connectivity index (χ2v) is 3.00. The fraction of sp³-hybridized carbons (Fsp3) is 0.444. The summed E-state index contributed by atoms with van der Waals surface area (Å²) in [4.78, 5) is 3.69. The zero-order valence-electron chi connectivity index (χ0n) is 7.89. The number of alkyl halides is 3. The molecule has 1 aromatic heterocycles. The second-order valence-electron chi connectivity index (χ2n) is 3.00. The fourth-order valence-corrected chi connectivity index (χ4v) is 1.27. The minimum atomic E-state index is -4.29. The normalized spacial score (nSPS) is 14.1. The Morgan fingerprint density at radius 3 is 2.50 bits per heavy atom. The predicted octanol–water partition coefficient (Wildman–Crippen LogP) is 2.21. The van der Waals surface area contributed by atoms with Gasteiger partial charge in [0.2, 0.25) is 0 Å². The number of aryl methyl sites for hydroxylation is 1. The molecule has 1 aromatic rings. The summed E-state index contributed by atoms with van der Waals surface area (Å²) in [6.07, 6.45) is -1.57. The van der Waals surface area contributed by atoms with Gasteiger partial charge in [0.1, 0.15) is 6.04 Å². The Morgan fingerprint density at radius 1 is 1.43 bits per heavy atom. The van der Waals surface area contributed by atoms with Crippen molar-refractivity contribution in [2.75, 3.05) is 7.05 Å². The minimum absolute atomic E-state index is 0.169. The molecule has 0 spiro atoms. The number of halogens is 3. The Morgan fingerprint density at radius 2 is 2.07 bits per heavy atom. The lowest BCUT2D eigenvalue weighted by Crippen LogP contribution is -2.32. The molecule has 0 aromatic carbocycles. The molecule has 2 nitrogen and oxygen atoms in total. The van der Waals surface area contributed by atoms with Gasteiger partial charge in [0.25, 0.3) is 0 Å². The molecule has 5 heteroatoms. The molecule has 1 rings (SSSR count). The van der Waals surface area contributed by atoms with E-state index in [1.54, 1.807) is 13.0 Å². The van der Waals surface area contributed by atoms with E-state index >= 15 is 0 Å². The first-order valence-corrected chi connectivity index (χ1v) is 4.11. The maximum Gasteiger partial charge on any atom is 0.407 e. The summed E-state index contributed by atoms with van der Waals surface area (Å²) >= 11 is 0. The summed E-state index contributed by atoms with van der Waals surface area (Å²) in [6, 6.07) is -0.0815. The van der Waals surface area contributed by atoms with Gasteiger partial charge in [-0.25, -0.2) is 0 Å².